The Balaban J connectivity index is 2.09. The summed E-state index contributed by atoms with van der Waals surface area (Å²) in [5.41, 5.74) is 2.13. The smallest absolute Gasteiger partial charge is 0.275 e. The number of hydrogen-bond donors (Lipinski definition) is 0. The lowest BCUT2D eigenvalue weighted by Crippen LogP contribution is -2.44. The number of carbonyl (C=O) groups is 2. The van der Waals surface area contributed by atoms with E-state index in [1.807, 2.05) is 24.3 Å². The monoisotopic (exact) mass is 320 g/mol. The van der Waals surface area contributed by atoms with E-state index >= 15 is 0 Å². The van der Waals surface area contributed by atoms with Crippen molar-refractivity contribution in [2.24, 2.45) is 0 Å². The van der Waals surface area contributed by atoms with E-state index in [9.17, 15) is 9.59 Å². The Morgan fingerprint density at radius 1 is 1.16 bits per heavy atom. The highest BCUT2D eigenvalue weighted by Crippen LogP contribution is 2.40. The van der Waals surface area contributed by atoms with Crippen molar-refractivity contribution >= 4 is 39.1 Å². The zero-order valence-electron chi connectivity index (χ0n) is 10.3. The molecule has 0 aliphatic carbocycles. The topological polar surface area (TPSA) is 40.6 Å². The van der Waals surface area contributed by atoms with Crippen LogP contribution in [0.4, 0.5) is 11.4 Å². The van der Waals surface area contributed by atoms with E-state index in [2.05, 4.69) is 15.9 Å². The molecule has 4 nitrogen and oxygen atoms in total. The van der Waals surface area contributed by atoms with Crippen LogP contribution in [0.5, 0.6) is 0 Å². The van der Waals surface area contributed by atoms with E-state index in [4.69, 9.17) is 0 Å². The molecule has 0 aromatic heterocycles. The van der Waals surface area contributed by atoms with Crippen molar-refractivity contribution in [3.8, 4) is 0 Å². The minimum Gasteiger partial charge on any atom is -0.305 e. The van der Waals surface area contributed by atoms with Gasteiger partial charge >= 0.3 is 0 Å². The summed E-state index contributed by atoms with van der Waals surface area (Å²) in [7, 11) is 0. The molecule has 2 aliphatic rings. The van der Waals surface area contributed by atoms with Crippen LogP contribution in [0.3, 0.4) is 0 Å². The van der Waals surface area contributed by atoms with Crippen molar-refractivity contribution in [3.63, 3.8) is 0 Å². The van der Waals surface area contributed by atoms with Crippen LogP contribution in [0.15, 0.2) is 36.0 Å². The van der Waals surface area contributed by atoms with Gasteiger partial charge in [0, 0.05) is 18.3 Å². The van der Waals surface area contributed by atoms with Gasteiger partial charge in [0.2, 0.25) is 5.91 Å². The summed E-state index contributed by atoms with van der Waals surface area (Å²) >= 11 is 3.38. The average Bonchev–Trinajstić information content (AvgIpc) is 2.81. The van der Waals surface area contributed by atoms with Gasteiger partial charge in [0.25, 0.3) is 5.91 Å². The Kier molecular flexibility index (Phi) is 3.14. The van der Waals surface area contributed by atoms with Crippen molar-refractivity contribution in [2.75, 3.05) is 21.7 Å². The number of alkyl halides is 1. The predicted octanol–water partition coefficient (Wildman–Crippen LogP) is 2.44. The Morgan fingerprint density at radius 2 is 1.89 bits per heavy atom. The third-order valence-electron chi connectivity index (χ3n) is 3.35. The molecule has 1 aromatic rings. The zero-order chi connectivity index (χ0) is 13.4. The lowest BCUT2D eigenvalue weighted by molar-refractivity contribution is -0.119. The molecule has 98 valence electrons. The number of anilines is 2. The molecule has 2 heterocycles. The van der Waals surface area contributed by atoms with Gasteiger partial charge in [-0.2, -0.15) is 0 Å². The first-order valence-corrected chi connectivity index (χ1v) is 7.36. The predicted molar refractivity (Wildman–Crippen MR) is 77.4 cm³/mol. The highest BCUT2D eigenvalue weighted by Gasteiger charge is 2.39. The first-order valence-electron chi connectivity index (χ1n) is 6.24. The molecule has 2 aliphatic heterocycles. The van der Waals surface area contributed by atoms with Crippen molar-refractivity contribution < 1.29 is 9.59 Å². The van der Waals surface area contributed by atoms with Crippen molar-refractivity contribution in [2.45, 2.75) is 12.8 Å². The minimum atomic E-state index is -0.0782. The lowest BCUT2D eigenvalue weighted by Gasteiger charge is -2.35. The molecule has 0 fully saturated rings. The summed E-state index contributed by atoms with van der Waals surface area (Å²) in [5.74, 6) is -0.110. The third kappa shape index (κ3) is 1.89. The molecular formula is C14H13BrN2O2. The number of amides is 2. The second-order valence-electron chi connectivity index (χ2n) is 4.51. The van der Waals surface area contributed by atoms with Crippen LogP contribution < -0.4 is 9.80 Å². The van der Waals surface area contributed by atoms with Crippen molar-refractivity contribution in [3.05, 3.63) is 36.0 Å². The number of rotatable bonds is 3. The second-order valence-corrected chi connectivity index (χ2v) is 5.30. The number of fused-ring (bicyclic) bond motifs is 3. The molecule has 0 spiro atoms. The van der Waals surface area contributed by atoms with Gasteiger partial charge < -0.3 is 4.90 Å². The number of halogens is 1. The molecule has 0 saturated heterocycles. The molecular weight excluding hydrogens is 308 g/mol. The summed E-state index contributed by atoms with van der Waals surface area (Å²) in [4.78, 5) is 27.7. The van der Waals surface area contributed by atoms with E-state index in [0.29, 0.717) is 18.7 Å². The van der Waals surface area contributed by atoms with E-state index in [1.165, 1.54) is 0 Å². The Hall–Kier alpha value is -1.62. The van der Waals surface area contributed by atoms with Crippen molar-refractivity contribution in [1.82, 2.24) is 0 Å². The van der Waals surface area contributed by atoms with Crippen LogP contribution in [0.25, 0.3) is 0 Å². The van der Waals surface area contributed by atoms with Gasteiger partial charge in [-0.05, 0) is 24.6 Å². The van der Waals surface area contributed by atoms with Gasteiger partial charge in [0.15, 0.2) is 0 Å². The normalized spacial score (nSPS) is 17.4. The van der Waals surface area contributed by atoms with E-state index in [1.54, 1.807) is 15.9 Å². The highest BCUT2D eigenvalue weighted by molar-refractivity contribution is 9.09. The molecule has 0 saturated carbocycles. The fourth-order valence-corrected chi connectivity index (χ4v) is 2.77. The van der Waals surface area contributed by atoms with Crippen LogP contribution >= 0.6 is 15.9 Å². The molecule has 2 amide bonds. The summed E-state index contributed by atoms with van der Waals surface area (Å²) in [6.07, 6.45) is 2.91. The van der Waals surface area contributed by atoms with Gasteiger partial charge in [-0.3, -0.25) is 14.5 Å². The number of benzene rings is 1. The first-order chi connectivity index (χ1) is 9.24. The quantitative estimate of drug-likeness (QED) is 0.803. The summed E-state index contributed by atoms with van der Waals surface area (Å²) in [6.45, 7) is 0.653. The molecule has 5 heteroatoms. The zero-order valence-corrected chi connectivity index (χ0v) is 11.9. The highest BCUT2D eigenvalue weighted by atomic mass is 79.9. The van der Waals surface area contributed by atoms with E-state index in [0.717, 1.165) is 23.1 Å². The van der Waals surface area contributed by atoms with Gasteiger partial charge in [-0.15, -0.1) is 0 Å². The molecule has 0 N–H and O–H groups in total. The molecule has 1 aromatic carbocycles. The molecule has 0 unspecified atom stereocenters. The largest absolute Gasteiger partial charge is 0.305 e. The molecule has 3 rings (SSSR count). The summed E-state index contributed by atoms with van der Waals surface area (Å²) < 4.78 is 0. The maximum Gasteiger partial charge on any atom is 0.275 e. The fourth-order valence-electron chi connectivity index (χ4n) is 2.52. The van der Waals surface area contributed by atoms with Crippen LogP contribution in [-0.4, -0.2) is 23.7 Å². The van der Waals surface area contributed by atoms with Crippen molar-refractivity contribution in [1.29, 1.82) is 0 Å². The van der Waals surface area contributed by atoms with E-state index in [-0.39, 0.29) is 11.8 Å². The minimum absolute atomic E-state index is 0.0315. The van der Waals surface area contributed by atoms with Gasteiger partial charge in [0.05, 0.1) is 11.4 Å². The molecule has 19 heavy (non-hydrogen) atoms. The first kappa shape index (κ1) is 12.4. The maximum absolute atomic E-state index is 12.5. The van der Waals surface area contributed by atoms with Gasteiger partial charge in [-0.25, -0.2) is 0 Å². The Labute approximate surface area is 119 Å². The summed E-state index contributed by atoms with van der Waals surface area (Å²) in [6, 6.07) is 7.56. The number of hydrogen-bond acceptors (Lipinski definition) is 2. The number of para-hydroxylation sites is 2. The number of carbonyl (C=O) groups excluding carboxylic acids is 2. The average molecular weight is 321 g/mol. The Morgan fingerprint density at radius 3 is 2.63 bits per heavy atom. The van der Waals surface area contributed by atoms with Crippen LogP contribution in [0.2, 0.25) is 0 Å². The Bertz CT molecular complexity index is 583. The molecule has 0 bridgehead atoms. The maximum atomic E-state index is 12.5. The SMILES string of the molecule is O=C1C2=CCC(=O)N2c2ccccc2N1CCCBr. The lowest BCUT2D eigenvalue weighted by atomic mass is 10.1. The van der Waals surface area contributed by atoms with Gasteiger partial charge in [-0.1, -0.05) is 28.1 Å². The van der Waals surface area contributed by atoms with E-state index < -0.39 is 0 Å². The number of nitrogens with zero attached hydrogens (tertiary/aromatic N) is 2. The van der Waals surface area contributed by atoms with Crippen LogP contribution in [0, 0.1) is 0 Å². The standard InChI is InChI=1S/C14H13BrN2O2/c15-8-3-9-16-10-4-1-2-5-11(10)17-12(14(16)19)6-7-13(17)18/h1-2,4-6H,3,7-9H2. The van der Waals surface area contributed by atoms with Crippen LogP contribution in [0.1, 0.15) is 12.8 Å². The van der Waals surface area contributed by atoms with Crippen LogP contribution in [-0.2, 0) is 9.59 Å². The molecule has 0 radical (unpaired) electrons. The molecule has 0 atom stereocenters. The third-order valence-corrected chi connectivity index (χ3v) is 3.91. The second kappa shape index (κ2) is 4.81. The fraction of sp³-hybridized carbons (Fsp3) is 0.286. The van der Waals surface area contributed by atoms with Gasteiger partial charge in [0.1, 0.15) is 5.70 Å². The summed E-state index contributed by atoms with van der Waals surface area (Å²) in [5, 5.41) is 0.848.